The van der Waals surface area contributed by atoms with Crippen molar-refractivity contribution in [3.8, 4) is 5.88 Å². The Kier molecular flexibility index (Phi) is 7.39. The maximum atomic E-state index is 13.3. The number of ether oxygens (including phenoxy) is 1. The molecule has 5 rings (SSSR count). The molecule has 3 aromatic rings. The topological polar surface area (TPSA) is 113 Å². The summed E-state index contributed by atoms with van der Waals surface area (Å²) in [5.74, 6) is 1.54. The van der Waals surface area contributed by atoms with Crippen molar-refractivity contribution in [1.82, 2.24) is 34.5 Å². The van der Waals surface area contributed by atoms with Gasteiger partial charge in [-0.15, -0.1) is 5.10 Å². The number of nitrogens with one attached hydrogen (secondary N) is 2. The fourth-order valence-electron chi connectivity index (χ4n) is 5.14. The largest absolute Gasteiger partial charge is 0.478 e. The molecule has 2 aliphatic rings. The Labute approximate surface area is 222 Å². The number of carbonyl (C=O) groups excluding carboxylic acids is 1. The fourth-order valence-corrected chi connectivity index (χ4v) is 5.14. The van der Waals surface area contributed by atoms with Gasteiger partial charge in [0.2, 0.25) is 11.9 Å². The molecular weight excluding hydrogens is 482 g/mol. The number of amides is 1. The van der Waals surface area contributed by atoms with Crippen LogP contribution in [0.4, 0.5) is 17.5 Å². The lowest BCUT2D eigenvalue weighted by atomic mass is 10.0. The van der Waals surface area contributed by atoms with Crippen LogP contribution in [0.5, 0.6) is 5.88 Å². The predicted molar refractivity (Wildman–Crippen MR) is 147 cm³/mol. The van der Waals surface area contributed by atoms with Gasteiger partial charge in [-0.05, 0) is 44.0 Å². The van der Waals surface area contributed by atoms with E-state index in [9.17, 15) is 4.79 Å². The number of carbonyl (C=O) groups is 1. The molecule has 0 spiro atoms. The second-order valence-electron chi connectivity index (χ2n) is 9.84. The molecule has 38 heavy (non-hydrogen) atoms. The lowest BCUT2D eigenvalue weighted by Crippen LogP contribution is -2.52. The SMILES string of the molecule is CC[C@@H](C(=O)Nc1nccc2c1CC=C2c1nc(Nc2cn(C)nc2OC)ncc1C)N1CCN(C)CC1. The Balaban J connectivity index is 1.37. The number of nitrogens with zero attached hydrogens (tertiary/aromatic N) is 7. The van der Waals surface area contributed by atoms with Crippen LogP contribution in [0.2, 0.25) is 0 Å². The lowest BCUT2D eigenvalue weighted by molar-refractivity contribution is -0.122. The first kappa shape index (κ1) is 25.8. The van der Waals surface area contributed by atoms with Crippen LogP contribution < -0.4 is 15.4 Å². The summed E-state index contributed by atoms with van der Waals surface area (Å²) >= 11 is 0. The van der Waals surface area contributed by atoms with E-state index >= 15 is 0 Å². The van der Waals surface area contributed by atoms with Crippen molar-refractivity contribution < 1.29 is 9.53 Å². The van der Waals surface area contributed by atoms with E-state index in [1.807, 2.05) is 26.2 Å². The number of pyridine rings is 1. The van der Waals surface area contributed by atoms with Gasteiger partial charge < -0.3 is 20.3 Å². The number of aryl methyl sites for hydroxylation is 2. The second-order valence-corrected chi connectivity index (χ2v) is 9.84. The van der Waals surface area contributed by atoms with Gasteiger partial charge in [-0.2, -0.15) is 0 Å². The quantitative estimate of drug-likeness (QED) is 0.465. The molecule has 2 N–H and O–H groups in total. The third-order valence-electron chi connectivity index (χ3n) is 7.23. The van der Waals surface area contributed by atoms with Crippen molar-refractivity contribution >= 4 is 28.9 Å². The third-order valence-corrected chi connectivity index (χ3v) is 7.23. The van der Waals surface area contributed by atoms with E-state index in [1.165, 1.54) is 0 Å². The molecule has 1 saturated heterocycles. The highest BCUT2D eigenvalue weighted by molar-refractivity contribution is 5.96. The van der Waals surface area contributed by atoms with E-state index in [4.69, 9.17) is 9.72 Å². The first-order chi connectivity index (χ1) is 18.4. The Morgan fingerprint density at radius 3 is 2.71 bits per heavy atom. The summed E-state index contributed by atoms with van der Waals surface area (Å²) in [6.07, 6.45) is 8.94. The first-order valence-electron chi connectivity index (χ1n) is 13.0. The van der Waals surface area contributed by atoms with Gasteiger partial charge in [0.25, 0.3) is 5.88 Å². The van der Waals surface area contributed by atoms with Crippen molar-refractivity contribution in [1.29, 1.82) is 0 Å². The van der Waals surface area contributed by atoms with Gasteiger partial charge in [-0.1, -0.05) is 13.0 Å². The number of aromatic nitrogens is 5. The van der Waals surface area contributed by atoms with Gasteiger partial charge in [0.05, 0.1) is 25.0 Å². The van der Waals surface area contributed by atoms with Crippen molar-refractivity contribution in [2.45, 2.75) is 32.7 Å². The number of fused-ring (bicyclic) bond motifs is 1. The molecule has 200 valence electrons. The molecule has 1 fully saturated rings. The number of anilines is 3. The van der Waals surface area contributed by atoms with E-state index < -0.39 is 0 Å². The number of piperazine rings is 1. The van der Waals surface area contributed by atoms with Crippen LogP contribution in [0.3, 0.4) is 0 Å². The van der Waals surface area contributed by atoms with Crippen molar-refractivity contribution in [3.05, 3.63) is 53.1 Å². The molecule has 0 saturated carbocycles. The molecular formula is C27H35N9O2. The molecule has 0 aromatic carbocycles. The van der Waals surface area contributed by atoms with Gasteiger partial charge in [0.1, 0.15) is 11.5 Å². The summed E-state index contributed by atoms with van der Waals surface area (Å²) in [4.78, 5) is 31.7. The summed E-state index contributed by atoms with van der Waals surface area (Å²) in [6.45, 7) is 7.78. The van der Waals surface area contributed by atoms with Crippen molar-refractivity contribution in [3.63, 3.8) is 0 Å². The van der Waals surface area contributed by atoms with Crippen LogP contribution in [0, 0.1) is 6.92 Å². The zero-order valence-corrected chi connectivity index (χ0v) is 22.7. The number of methoxy groups -OCH3 is 1. The molecule has 1 atom stereocenters. The highest BCUT2D eigenvalue weighted by atomic mass is 16.5. The number of rotatable bonds is 8. The second kappa shape index (κ2) is 10.9. The molecule has 1 aliphatic heterocycles. The molecule has 1 amide bonds. The molecule has 1 aliphatic carbocycles. The number of hydrogen-bond acceptors (Lipinski definition) is 9. The number of likely N-dealkylation sites (N-methyl/N-ethyl adjacent to an activating group) is 1. The Hall–Kier alpha value is -3.83. The van der Waals surface area contributed by atoms with Crippen LogP contribution in [-0.4, -0.2) is 86.8 Å². The van der Waals surface area contributed by atoms with E-state index in [-0.39, 0.29) is 11.9 Å². The molecule has 4 heterocycles. The average Bonchev–Trinajstić information content (AvgIpc) is 3.50. The molecule has 0 unspecified atom stereocenters. The molecule has 11 heteroatoms. The highest BCUT2D eigenvalue weighted by Gasteiger charge is 2.29. The van der Waals surface area contributed by atoms with Crippen LogP contribution in [0.25, 0.3) is 5.57 Å². The van der Waals surface area contributed by atoms with Gasteiger partial charge in [-0.3, -0.25) is 14.4 Å². The minimum absolute atomic E-state index is 0.00141. The molecule has 0 bridgehead atoms. The maximum absolute atomic E-state index is 13.3. The Bertz CT molecular complexity index is 1360. The standard InChI is InChI=1S/C27H35N9O2/c1-6-22(36-13-11-34(3)12-14-36)25(37)32-24-20-8-7-19(18(20)9-10-28-24)23-17(2)15-29-27(31-23)30-21-16-35(4)33-26(21)38-5/h7,9-10,15-16,22H,6,8,11-14H2,1-5H3,(H,28,32,37)(H,29,30,31)/t22-/m0/s1. The predicted octanol–water partition coefficient (Wildman–Crippen LogP) is 2.62. The Morgan fingerprint density at radius 2 is 1.97 bits per heavy atom. The van der Waals surface area contributed by atoms with Crippen LogP contribution in [-0.2, 0) is 18.3 Å². The zero-order chi connectivity index (χ0) is 26.8. The van der Waals surface area contributed by atoms with Gasteiger partial charge in [0, 0.05) is 56.8 Å². The molecule has 0 radical (unpaired) electrons. The minimum Gasteiger partial charge on any atom is -0.478 e. The lowest BCUT2D eigenvalue weighted by Gasteiger charge is -2.36. The number of allylic oxidation sites excluding steroid dienone is 1. The van der Waals surface area contributed by atoms with Gasteiger partial charge in [-0.25, -0.2) is 15.0 Å². The minimum atomic E-state index is -0.169. The summed E-state index contributed by atoms with van der Waals surface area (Å²) in [5.41, 5.74) is 5.50. The average molecular weight is 518 g/mol. The maximum Gasteiger partial charge on any atom is 0.256 e. The first-order valence-corrected chi connectivity index (χ1v) is 13.0. The summed E-state index contributed by atoms with van der Waals surface area (Å²) < 4.78 is 7.01. The normalized spacial score (nSPS) is 16.6. The van der Waals surface area contributed by atoms with Crippen LogP contribution in [0.1, 0.15) is 35.7 Å². The van der Waals surface area contributed by atoms with Crippen LogP contribution >= 0.6 is 0 Å². The highest BCUT2D eigenvalue weighted by Crippen LogP contribution is 2.36. The van der Waals surface area contributed by atoms with E-state index in [0.717, 1.165) is 60.6 Å². The van der Waals surface area contributed by atoms with Crippen molar-refractivity contribution in [2.75, 3.05) is 51.0 Å². The fraction of sp³-hybridized carbons (Fsp3) is 0.444. The van der Waals surface area contributed by atoms with Crippen molar-refractivity contribution in [2.24, 2.45) is 7.05 Å². The van der Waals surface area contributed by atoms with Gasteiger partial charge in [0.15, 0.2) is 0 Å². The molecule has 3 aromatic heterocycles. The number of hydrogen-bond donors (Lipinski definition) is 2. The monoisotopic (exact) mass is 517 g/mol. The third kappa shape index (κ3) is 5.11. The zero-order valence-electron chi connectivity index (χ0n) is 22.7. The summed E-state index contributed by atoms with van der Waals surface area (Å²) in [7, 11) is 5.52. The smallest absolute Gasteiger partial charge is 0.256 e. The van der Waals surface area contributed by atoms with E-state index in [0.29, 0.717) is 29.8 Å². The Morgan fingerprint density at radius 1 is 1.18 bits per heavy atom. The van der Waals surface area contributed by atoms with E-state index in [1.54, 1.807) is 24.2 Å². The van der Waals surface area contributed by atoms with Gasteiger partial charge >= 0.3 is 0 Å². The molecule has 11 nitrogen and oxygen atoms in total. The van der Waals surface area contributed by atoms with E-state index in [2.05, 4.69) is 55.5 Å². The summed E-state index contributed by atoms with van der Waals surface area (Å²) in [6, 6.07) is 1.82. The van der Waals surface area contributed by atoms with Crippen LogP contribution in [0.15, 0.2) is 30.7 Å². The summed E-state index contributed by atoms with van der Waals surface area (Å²) in [5, 5.41) is 10.6.